The van der Waals surface area contributed by atoms with Crippen molar-refractivity contribution in [1.82, 2.24) is 9.97 Å². The first-order valence-corrected chi connectivity index (χ1v) is 4.31. The zero-order valence-electron chi connectivity index (χ0n) is 6.34. The Kier molecular flexibility index (Phi) is 1.88. The van der Waals surface area contributed by atoms with E-state index in [0.717, 1.165) is 0 Å². The summed E-state index contributed by atoms with van der Waals surface area (Å²) in [6.45, 7) is 0. The van der Waals surface area contributed by atoms with Crippen LogP contribution in [-0.2, 0) is 0 Å². The van der Waals surface area contributed by atoms with Crippen LogP contribution in [-0.4, -0.2) is 9.97 Å². The molecule has 5 heteroatoms. The molecule has 0 atom stereocenters. The molecule has 0 radical (unpaired) electrons. The number of H-pyrrole nitrogens is 1. The molecule has 2 aromatic heterocycles. The second-order valence-corrected chi connectivity index (χ2v) is 3.37. The summed E-state index contributed by atoms with van der Waals surface area (Å²) in [4.78, 5) is 17.1. The first-order valence-electron chi connectivity index (χ1n) is 3.52. The predicted molar refractivity (Wildman–Crippen MR) is 50.0 cm³/mol. The molecule has 0 aliphatic carbocycles. The van der Waals surface area contributed by atoms with Crippen LogP contribution < -0.4 is 5.56 Å². The van der Waals surface area contributed by atoms with Gasteiger partial charge in [-0.05, 0) is 34.1 Å². The van der Waals surface area contributed by atoms with Gasteiger partial charge in [0, 0.05) is 5.39 Å². The smallest absolute Gasteiger partial charge is 0.263 e. The van der Waals surface area contributed by atoms with E-state index in [1.807, 2.05) is 0 Å². The van der Waals surface area contributed by atoms with Gasteiger partial charge in [-0.1, -0.05) is 0 Å². The van der Waals surface area contributed by atoms with Crippen molar-refractivity contribution in [3.63, 3.8) is 0 Å². The van der Waals surface area contributed by atoms with E-state index in [9.17, 15) is 9.18 Å². The summed E-state index contributed by atoms with van der Waals surface area (Å²) in [6, 6.07) is 4.39. The number of rotatable bonds is 0. The molecule has 1 N–H and O–H groups in total. The second-order valence-electron chi connectivity index (χ2n) is 2.52. The number of aromatic nitrogens is 2. The lowest BCUT2D eigenvalue weighted by molar-refractivity contribution is 0.588. The molecule has 2 aromatic rings. The largest absolute Gasteiger partial charge is 0.306 e. The molecule has 2 heterocycles. The number of aromatic amines is 1. The summed E-state index contributed by atoms with van der Waals surface area (Å²) < 4.78 is 13.0. The normalized spacial score (nSPS) is 10.6. The Hall–Kier alpha value is -1.23. The van der Waals surface area contributed by atoms with Crippen LogP contribution in [0.1, 0.15) is 0 Å². The van der Waals surface area contributed by atoms with Crippen LogP contribution in [0, 0.1) is 5.95 Å². The zero-order chi connectivity index (χ0) is 9.42. The Bertz CT molecular complexity index is 523. The molecule has 0 aliphatic heterocycles. The number of fused-ring (bicyclic) bond motifs is 1. The summed E-state index contributed by atoms with van der Waals surface area (Å²) >= 11 is 3.07. The minimum Gasteiger partial charge on any atom is -0.306 e. The van der Waals surface area contributed by atoms with Gasteiger partial charge in [0.05, 0.1) is 4.47 Å². The highest BCUT2D eigenvalue weighted by Gasteiger charge is 2.01. The van der Waals surface area contributed by atoms with Gasteiger partial charge in [0.1, 0.15) is 5.65 Å². The van der Waals surface area contributed by atoms with Crippen molar-refractivity contribution in [2.24, 2.45) is 0 Å². The molecule has 0 unspecified atom stereocenters. The van der Waals surface area contributed by atoms with Gasteiger partial charge < -0.3 is 4.98 Å². The number of hydrogen-bond acceptors (Lipinski definition) is 2. The topological polar surface area (TPSA) is 45.8 Å². The van der Waals surface area contributed by atoms with Gasteiger partial charge in [0.15, 0.2) is 0 Å². The van der Waals surface area contributed by atoms with Crippen molar-refractivity contribution in [2.75, 3.05) is 0 Å². The van der Waals surface area contributed by atoms with Crippen LogP contribution in [0.5, 0.6) is 0 Å². The Labute approximate surface area is 80.7 Å². The van der Waals surface area contributed by atoms with E-state index < -0.39 is 5.95 Å². The van der Waals surface area contributed by atoms with E-state index in [4.69, 9.17) is 0 Å². The molecule has 0 saturated carbocycles. The SMILES string of the molecule is O=c1[nH]c2nc(F)ccc2cc1Br. The van der Waals surface area contributed by atoms with Gasteiger partial charge in [-0.2, -0.15) is 4.39 Å². The van der Waals surface area contributed by atoms with E-state index in [1.54, 1.807) is 12.1 Å². The van der Waals surface area contributed by atoms with Crippen molar-refractivity contribution in [3.05, 3.63) is 39.0 Å². The second kappa shape index (κ2) is 2.92. The number of hydrogen-bond donors (Lipinski definition) is 1. The highest BCUT2D eigenvalue weighted by atomic mass is 79.9. The molecule has 0 aliphatic rings. The molecule has 0 spiro atoms. The highest BCUT2D eigenvalue weighted by molar-refractivity contribution is 9.10. The molecule has 2 rings (SSSR count). The van der Waals surface area contributed by atoms with Crippen LogP contribution in [0.2, 0.25) is 0 Å². The minimum absolute atomic E-state index is 0.258. The van der Waals surface area contributed by atoms with E-state index in [-0.39, 0.29) is 11.2 Å². The maximum Gasteiger partial charge on any atom is 0.263 e. The third-order valence-electron chi connectivity index (χ3n) is 1.62. The number of nitrogens with zero attached hydrogens (tertiary/aromatic N) is 1. The molecule has 0 aromatic carbocycles. The van der Waals surface area contributed by atoms with Gasteiger partial charge in [0.25, 0.3) is 5.56 Å². The molecule has 0 amide bonds. The van der Waals surface area contributed by atoms with Crippen molar-refractivity contribution in [1.29, 1.82) is 0 Å². The Morgan fingerprint density at radius 3 is 3.00 bits per heavy atom. The summed E-state index contributed by atoms with van der Waals surface area (Å²) in [5.41, 5.74) is -0.0567. The first-order chi connectivity index (χ1) is 6.16. The fraction of sp³-hybridized carbons (Fsp3) is 0. The number of nitrogens with one attached hydrogen (secondary N) is 1. The minimum atomic E-state index is -0.606. The van der Waals surface area contributed by atoms with Crippen LogP contribution in [0.4, 0.5) is 4.39 Å². The summed E-state index contributed by atoms with van der Waals surface area (Å²) in [7, 11) is 0. The van der Waals surface area contributed by atoms with Gasteiger partial charge in [0.2, 0.25) is 5.95 Å². The fourth-order valence-electron chi connectivity index (χ4n) is 1.03. The molecule has 13 heavy (non-hydrogen) atoms. The predicted octanol–water partition coefficient (Wildman–Crippen LogP) is 1.82. The first kappa shape index (κ1) is 8.37. The highest BCUT2D eigenvalue weighted by Crippen LogP contribution is 2.12. The summed E-state index contributed by atoms with van der Waals surface area (Å²) in [6.07, 6.45) is 0. The lowest BCUT2D eigenvalue weighted by Crippen LogP contribution is -2.07. The average molecular weight is 243 g/mol. The Morgan fingerprint density at radius 1 is 1.46 bits per heavy atom. The lowest BCUT2D eigenvalue weighted by Gasteiger charge is -1.96. The van der Waals surface area contributed by atoms with Crippen molar-refractivity contribution >= 4 is 27.0 Å². The maximum absolute atomic E-state index is 12.6. The number of pyridine rings is 2. The lowest BCUT2D eigenvalue weighted by atomic mass is 10.3. The van der Waals surface area contributed by atoms with E-state index >= 15 is 0 Å². The number of halogens is 2. The van der Waals surface area contributed by atoms with Crippen molar-refractivity contribution in [2.45, 2.75) is 0 Å². The van der Waals surface area contributed by atoms with Crippen LogP contribution in [0.15, 0.2) is 27.5 Å². The zero-order valence-corrected chi connectivity index (χ0v) is 7.93. The maximum atomic E-state index is 12.6. The monoisotopic (exact) mass is 242 g/mol. The van der Waals surface area contributed by atoms with E-state index in [0.29, 0.717) is 9.86 Å². The molecule has 3 nitrogen and oxygen atoms in total. The Morgan fingerprint density at radius 2 is 2.23 bits per heavy atom. The van der Waals surface area contributed by atoms with Crippen molar-refractivity contribution in [3.8, 4) is 0 Å². The molecular formula is C8H4BrFN2O. The van der Waals surface area contributed by atoms with Crippen LogP contribution in [0.25, 0.3) is 11.0 Å². The van der Waals surface area contributed by atoms with Gasteiger partial charge in [-0.25, -0.2) is 4.98 Å². The molecular weight excluding hydrogens is 239 g/mol. The standard InChI is InChI=1S/C8H4BrFN2O/c9-5-3-4-1-2-6(10)11-7(4)12-8(5)13/h1-3H,(H,11,12,13). The van der Waals surface area contributed by atoms with Crippen molar-refractivity contribution < 1.29 is 4.39 Å². The fourth-order valence-corrected chi connectivity index (χ4v) is 1.38. The Balaban J connectivity index is 2.89. The van der Waals surface area contributed by atoms with E-state index in [1.165, 1.54) is 6.07 Å². The van der Waals surface area contributed by atoms with Crippen LogP contribution >= 0.6 is 15.9 Å². The van der Waals surface area contributed by atoms with Gasteiger partial charge >= 0.3 is 0 Å². The third kappa shape index (κ3) is 1.47. The summed E-state index contributed by atoms with van der Waals surface area (Å²) in [5, 5.41) is 0.688. The van der Waals surface area contributed by atoms with Gasteiger partial charge in [-0.3, -0.25) is 4.79 Å². The molecule has 0 fully saturated rings. The summed E-state index contributed by atoms with van der Waals surface area (Å²) in [5.74, 6) is -0.606. The van der Waals surface area contributed by atoms with E-state index in [2.05, 4.69) is 25.9 Å². The molecule has 66 valence electrons. The van der Waals surface area contributed by atoms with Crippen LogP contribution in [0.3, 0.4) is 0 Å². The third-order valence-corrected chi connectivity index (χ3v) is 2.21. The van der Waals surface area contributed by atoms with Gasteiger partial charge in [-0.15, -0.1) is 0 Å². The molecule has 0 saturated heterocycles. The molecule has 0 bridgehead atoms. The average Bonchev–Trinajstić information content (AvgIpc) is 2.08. The quantitative estimate of drug-likeness (QED) is 0.717.